The number of hydrogen-bond acceptors (Lipinski definition) is 6. The number of rotatable bonds is 9. The lowest BCUT2D eigenvalue weighted by molar-refractivity contribution is -0.116. The molecule has 4 rings (SSSR count). The molecule has 0 saturated heterocycles. The lowest BCUT2D eigenvalue weighted by Gasteiger charge is -2.20. The predicted molar refractivity (Wildman–Crippen MR) is 130 cm³/mol. The summed E-state index contributed by atoms with van der Waals surface area (Å²) in [5.41, 5.74) is 0.874. The van der Waals surface area contributed by atoms with Crippen LogP contribution in [-0.2, 0) is 11.3 Å². The molecule has 0 aliphatic carbocycles. The van der Waals surface area contributed by atoms with Gasteiger partial charge in [-0.2, -0.15) is 0 Å². The maximum Gasteiger partial charge on any atom is 0.239 e. The SMILES string of the molecule is COc1ccc2nc(N(CCCn3ccnc3)C(=O)CSc3ccccc3)sc2c1.Cl. The van der Waals surface area contributed by atoms with Crippen LogP contribution in [-0.4, -0.2) is 39.8 Å². The molecule has 2 aromatic heterocycles. The van der Waals surface area contributed by atoms with E-state index in [1.54, 1.807) is 31.4 Å². The third-order valence-corrected chi connectivity index (χ3v) is 6.62. The smallest absolute Gasteiger partial charge is 0.239 e. The van der Waals surface area contributed by atoms with Gasteiger partial charge in [-0.05, 0) is 36.8 Å². The molecule has 31 heavy (non-hydrogen) atoms. The van der Waals surface area contributed by atoms with Gasteiger partial charge in [0.1, 0.15) is 5.75 Å². The van der Waals surface area contributed by atoms with Gasteiger partial charge in [0.25, 0.3) is 0 Å². The van der Waals surface area contributed by atoms with Gasteiger partial charge in [-0.25, -0.2) is 9.97 Å². The fraction of sp³-hybridized carbons (Fsp3) is 0.227. The summed E-state index contributed by atoms with van der Waals surface area (Å²) in [6.07, 6.45) is 6.31. The van der Waals surface area contributed by atoms with Crippen LogP contribution in [0.25, 0.3) is 10.2 Å². The van der Waals surface area contributed by atoms with Crippen molar-refractivity contribution >= 4 is 56.8 Å². The van der Waals surface area contributed by atoms with Crippen molar-refractivity contribution in [3.05, 3.63) is 67.3 Å². The summed E-state index contributed by atoms with van der Waals surface area (Å²) in [4.78, 5) is 24.8. The van der Waals surface area contributed by atoms with E-state index in [2.05, 4.69) is 4.98 Å². The molecule has 162 valence electrons. The van der Waals surface area contributed by atoms with E-state index >= 15 is 0 Å². The molecule has 0 radical (unpaired) electrons. The Morgan fingerprint density at radius 2 is 2.06 bits per heavy atom. The highest BCUT2D eigenvalue weighted by atomic mass is 35.5. The zero-order valence-electron chi connectivity index (χ0n) is 17.0. The van der Waals surface area contributed by atoms with Gasteiger partial charge < -0.3 is 9.30 Å². The number of fused-ring (bicyclic) bond motifs is 1. The highest BCUT2D eigenvalue weighted by Gasteiger charge is 2.20. The number of methoxy groups -OCH3 is 1. The molecule has 0 spiro atoms. The fourth-order valence-electron chi connectivity index (χ4n) is 3.03. The highest BCUT2D eigenvalue weighted by Crippen LogP contribution is 2.32. The van der Waals surface area contributed by atoms with Crippen LogP contribution in [0.5, 0.6) is 5.75 Å². The molecule has 6 nitrogen and oxygen atoms in total. The third kappa shape index (κ3) is 6.00. The van der Waals surface area contributed by atoms with E-state index in [1.807, 2.05) is 64.2 Å². The number of thiazole rings is 1. The summed E-state index contributed by atoms with van der Waals surface area (Å²) < 4.78 is 8.34. The number of benzene rings is 2. The molecule has 0 N–H and O–H groups in total. The molecule has 0 atom stereocenters. The van der Waals surface area contributed by atoms with Crippen LogP contribution in [0, 0.1) is 0 Å². The first-order valence-corrected chi connectivity index (χ1v) is 11.4. The molecule has 2 heterocycles. The number of carbonyl (C=O) groups is 1. The number of nitrogens with zero attached hydrogens (tertiary/aromatic N) is 4. The fourth-order valence-corrected chi connectivity index (χ4v) is 4.87. The van der Waals surface area contributed by atoms with Gasteiger partial charge in [-0.15, -0.1) is 24.2 Å². The maximum absolute atomic E-state index is 13.1. The number of thioether (sulfide) groups is 1. The monoisotopic (exact) mass is 474 g/mol. The van der Waals surface area contributed by atoms with Crippen molar-refractivity contribution < 1.29 is 9.53 Å². The van der Waals surface area contributed by atoms with Gasteiger partial charge in [0.05, 0.1) is 29.4 Å². The second kappa shape index (κ2) is 11.2. The average Bonchev–Trinajstić information content (AvgIpc) is 3.44. The molecule has 0 aliphatic heterocycles. The molecule has 0 bridgehead atoms. The molecule has 0 unspecified atom stereocenters. The van der Waals surface area contributed by atoms with E-state index in [-0.39, 0.29) is 18.3 Å². The maximum atomic E-state index is 13.1. The van der Waals surface area contributed by atoms with E-state index in [4.69, 9.17) is 9.72 Å². The van der Waals surface area contributed by atoms with Crippen molar-refractivity contribution in [1.29, 1.82) is 0 Å². The van der Waals surface area contributed by atoms with Crippen LogP contribution in [0.2, 0.25) is 0 Å². The van der Waals surface area contributed by atoms with Gasteiger partial charge >= 0.3 is 0 Å². The molecule has 2 aromatic carbocycles. The Hall–Kier alpha value is -2.55. The van der Waals surface area contributed by atoms with Crippen LogP contribution in [0.15, 0.2) is 72.1 Å². The summed E-state index contributed by atoms with van der Waals surface area (Å²) in [6, 6.07) is 15.8. The first kappa shape index (κ1) is 23.1. The van der Waals surface area contributed by atoms with E-state index < -0.39 is 0 Å². The predicted octanol–water partition coefficient (Wildman–Crippen LogP) is 5.14. The summed E-state index contributed by atoms with van der Waals surface area (Å²) >= 11 is 3.06. The Kier molecular flexibility index (Phi) is 8.34. The van der Waals surface area contributed by atoms with Gasteiger partial charge in [-0.1, -0.05) is 29.5 Å². The molecule has 0 saturated carbocycles. The summed E-state index contributed by atoms with van der Waals surface area (Å²) in [6.45, 7) is 1.40. The van der Waals surface area contributed by atoms with Gasteiger partial charge in [0, 0.05) is 30.4 Å². The van der Waals surface area contributed by atoms with E-state index in [1.165, 1.54) is 11.3 Å². The van der Waals surface area contributed by atoms with Crippen molar-refractivity contribution in [3.8, 4) is 5.75 Å². The van der Waals surface area contributed by atoms with E-state index in [9.17, 15) is 4.79 Å². The van der Waals surface area contributed by atoms with Gasteiger partial charge in [-0.3, -0.25) is 9.69 Å². The minimum Gasteiger partial charge on any atom is -0.497 e. The minimum atomic E-state index is 0. The number of halogens is 1. The molecule has 1 amide bonds. The van der Waals surface area contributed by atoms with Crippen molar-refractivity contribution in [2.75, 3.05) is 24.3 Å². The van der Waals surface area contributed by atoms with E-state index in [0.717, 1.165) is 39.0 Å². The topological polar surface area (TPSA) is 60.2 Å². The lowest BCUT2D eigenvalue weighted by atomic mass is 10.3. The number of hydrogen-bond donors (Lipinski definition) is 0. The average molecular weight is 475 g/mol. The number of anilines is 1. The van der Waals surface area contributed by atoms with Crippen molar-refractivity contribution in [3.63, 3.8) is 0 Å². The lowest BCUT2D eigenvalue weighted by Crippen LogP contribution is -2.33. The molecule has 4 aromatic rings. The molecular weight excluding hydrogens is 452 g/mol. The molecule has 0 aliphatic rings. The number of imidazole rings is 1. The zero-order chi connectivity index (χ0) is 20.8. The van der Waals surface area contributed by atoms with Crippen LogP contribution in [0.1, 0.15) is 6.42 Å². The molecular formula is C22H23ClN4O2S2. The Morgan fingerprint density at radius 3 is 2.81 bits per heavy atom. The quantitative estimate of drug-likeness (QED) is 0.314. The number of aromatic nitrogens is 3. The number of carbonyl (C=O) groups excluding carboxylic acids is 1. The Balaban J connectivity index is 0.00000272. The highest BCUT2D eigenvalue weighted by molar-refractivity contribution is 8.00. The van der Waals surface area contributed by atoms with Crippen LogP contribution >= 0.6 is 35.5 Å². The largest absolute Gasteiger partial charge is 0.497 e. The summed E-state index contributed by atoms with van der Waals surface area (Å²) in [5.74, 6) is 1.21. The standard InChI is InChI=1S/C22H22N4O2S2.ClH/c1-28-17-8-9-19-20(14-17)30-22(24-19)26(12-5-11-25-13-10-23-16-25)21(27)15-29-18-6-3-2-4-7-18;/h2-4,6-10,13-14,16H,5,11-12,15H2,1H3;1H. The number of amides is 1. The minimum absolute atomic E-state index is 0. The van der Waals surface area contributed by atoms with Crippen LogP contribution in [0.3, 0.4) is 0 Å². The van der Waals surface area contributed by atoms with Crippen molar-refractivity contribution in [2.24, 2.45) is 0 Å². The summed E-state index contributed by atoms with van der Waals surface area (Å²) in [5, 5.41) is 0.725. The molecule has 0 fully saturated rings. The third-order valence-electron chi connectivity index (χ3n) is 4.58. The van der Waals surface area contributed by atoms with Crippen LogP contribution < -0.4 is 9.64 Å². The first-order chi connectivity index (χ1) is 14.7. The van der Waals surface area contributed by atoms with Crippen LogP contribution in [0.4, 0.5) is 5.13 Å². The number of ether oxygens (including phenoxy) is 1. The Morgan fingerprint density at radius 1 is 1.23 bits per heavy atom. The van der Waals surface area contributed by atoms with Crippen molar-refractivity contribution in [1.82, 2.24) is 14.5 Å². The Labute approximate surface area is 195 Å². The summed E-state index contributed by atoms with van der Waals surface area (Å²) in [7, 11) is 1.65. The normalized spacial score (nSPS) is 10.6. The zero-order valence-corrected chi connectivity index (χ0v) is 19.5. The van der Waals surface area contributed by atoms with Gasteiger partial charge in [0.15, 0.2) is 5.13 Å². The second-order valence-corrected chi connectivity index (χ2v) is 8.69. The van der Waals surface area contributed by atoms with Gasteiger partial charge in [0.2, 0.25) is 5.91 Å². The Bertz CT molecular complexity index is 1100. The first-order valence-electron chi connectivity index (χ1n) is 9.61. The van der Waals surface area contributed by atoms with Crippen molar-refractivity contribution in [2.45, 2.75) is 17.9 Å². The van der Waals surface area contributed by atoms with E-state index in [0.29, 0.717) is 12.3 Å². The number of aryl methyl sites for hydroxylation is 1. The molecule has 9 heteroatoms. The second-order valence-electron chi connectivity index (χ2n) is 6.63.